The summed E-state index contributed by atoms with van der Waals surface area (Å²) in [5.74, 6) is 1.46. The van der Waals surface area contributed by atoms with Crippen LogP contribution >= 0.6 is 23.4 Å². The van der Waals surface area contributed by atoms with Gasteiger partial charge in [-0.15, -0.1) is 23.4 Å². The summed E-state index contributed by atoms with van der Waals surface area (Å²) in [7, 11) is 0. The zero-order chi connectivity index (χ0) is 13.9. The van der Waals surface area contributed by atoms with E-state index in [1.54, 1.807) is 11.8 Å². The van der Waals surface area contributed by atoms with E-state index in [1.165, 1.54) is 4.90 Å². The van der Waals surface area contributed by atoms with Crippen molar-refractivity contribution in [1.82, 2.24) is 0 Å². The van der Waals surface area contributed by atoms with Crippen LogP contribution in [0.25, 0.3) is 0 Å². The highest BCUT2D eigenvalue weighted by Gasteiger charge is 2.23. The van der Waals surface area contributed by atoms with E-state index in [-0.39, 0.29) is 5.91 Å². The Morgan fingerprint density at radius 3 is 2.65 bits per heavy atom. The molecule has 1 amide bonds. The molecule has 102 valence electrons. The fourth-order valence-corrected chi connectivity index (χ4v) is 3.45. The molecule has 0 saturated heterocycles. The summed E-state index contributed by atoms with van der Waals surface area (Å²) in [6, 6.07) is 15.6. The molecule has 0 aliphatic carbocycles. The largest absolute Gasteiger partial charge is 0.306 e. The molecule has 0 N–H and O–H groups in total. The summed E-state index contributed by atoms with van der Waals surface area (Å²) < 4.78 is 0. The van der Waals surface area contributed by atoms with Crippen LogP contribution in [0.5, 0.6) is 0 Å². The quantitative estimate of drug-likeness (QED) is 0.776. The number of fused-ring (bicyclic) bond motifs is 1. The van der Waals surface area contributed by atoms with Gasteiger partial charge in [0.1, 0.15) is 0 Å². The number of alkyl halides is 1. The van der Waals surface area contributed by atoms with Crippen molar-refractivity contribution in [2.45, 2.75) is 10.8 Å². The van der Waals surface area contributed by atoms with Crippen LogP contribution in [0.3, 0.4) is 0 Å². The van der Waals surface area contributed by atoms with Crippen molar-refractivity contribution in [3.05, 3.63) is 59.7 Å². The summed E-state index contributed by atoms with van der Waals surface area (Å²) in [4.78, 5) is 15.7. The van der Waals surface area contributed by atoms with Crippen LogP contribution in [-0.4, -0.2) is 18.2 Å². The molecule has 1 aliphatic heterocycles. The average molecular weight is 304 g/mol. The van der Waals surface area contributed by atoms with Gasteiger partial charge in [0.05, 0.1) is 5.69 Å². The van der Waals surface area contributed by atoms with Crippen molar-refractivity contribution in [2.24, 2.45) is 0 Å². The first-order chi connectivity index (χ1) is 9.79. The second-order valence-corrected chi connectivity index (χ2v) is 6.01. The van der Waals surface area contributed by atoms with Gasteiger partial charge >= 0.3 is 0 Å². The van der Waals surface area contributed by atoms with E-state index in [9.17, 15) is 4.79 Å². The van der Waals surface area contributed by atoms with Crippen molar-refractivity contribution >= 4 is 35.0 Å². The lowest BCUT2D eigenvalue weighted by molar-refractivity contribution is 0.0987. The maximum atomic E-state index is 12.6. The topological polar surface area (TPSA) is 20.3 Å². The van der Waals surface area contributed by atoms with Crippen LogP contribution < -0.4 is 4.90 Å². The molecule has 0 atom stereocenters. The van der Waals surface area contributed by atoms with Crippen molar-refractivity contribution in [2.75, 3.05) is 17.2 Å². The maximum absolute atomic E-state index is 12.6. The lowest BCUT2D eigenvalue weighted by Gasteiger charge is -2.29. The van der Waals surface area contributed by atoms with Crippen LogP contribution in [0, 0.1) is 0 Å². The van der Waals surface area contributed by atoms with Gasteiger partial charge in [0, 0.05) is 28.6 Å². The minimum atomic E-state index is 0.0545. The van der Waals surface area contributed by atoms with E-state index in [0.717, 1.165) is 23.5 Å². The van der Waals surface area contributed by atoms with E-state index in [0.29, 0.717) is 11.4 Å². The van der Waals surface area contributed by atoms with Crippen LogP contribution in [0.1, 0.15) is 15.9 Å². The Morgan fingerprint density at radius 1 is 1.15 bits per heavy atom. The van der Waals surface area contributed by atoms with E-state index < -0.39 is 0 Å². The van der Waals surface area contributed by atoms with Gasteiger partial charge in [-0.3, -0.25) is 4.79 Å². The molecule has 1 aliphatic rings. The monoisotopic (exact) mass is 303 g/mol. The van der Waals surface area contributed by atoms with Crippen LogP contribution in [0.4, 0.5) is 5.69 Å². The number of benzene rings is 2. The summed E-state index contributed by atoms with van der Waals surface area (Å²) in [6.45, 7) is 0.748. The molecule has 1 heterocycles. The molecule has 0 fully saturated rings. The first kappa shape index (κ1) is 13.5. The average Bonchev–Trinajstić information content (AvgIpc) is 2.54. The molecule has 2 aromatic carbocycles. The minimum Gasteiger partial charge on any atom is -0.306 e. The molecular formula is C16H14ClNOS. The van der Waals surface area contributed by atoms with Gasteiger partial charge in [0.2, 0.25) is 0 Å². The highest BCUT2D eigenvalue weighted by atomic mass is 35.5. The first-order valence-electron chi connectivity index (χ1n) is 6.48. The predicted molar refractivity (Wildman–Crippen MR) is 84.8 cm³/mol. The summed E-state index contributed by atoms with van der Waals surface area (Å²) in [5.41, 5.74) is 2.74. The standard InChI is InChI=1S/C16H14ClNOS/c17-11-12-5-7-13(8-6-12)16(19)18-9-10-20-15-4-2-1-3-14(15)18/h1-8H,9-11H2. The number of hydrogen-bond acceptors (Lipinski definition) is 2. The Morgan fingerprint density at radius 2 is 1.90 bits per heavy atom. The molecular weight excluding hydrogens is 290 g/mol. The second-order valence-electron chi connectivity index (χ2n) is 4.60. The number of rotatable bonds is 2. The Hall–Kier alpha value is -1.45. The van der Waals surface area contributed by atoms with Crippen molar-refractivity contribution in [1.29, 1.82) is 0 Å². The van der Waals surface area contributed by atoms with E-state index in [1.807, 2.05) is 47.4 Å². The Balaban J connectivity index is 1.91. The third-order valence-corrected chi connectivity index (χ3v) is 4.68. The van der Waals surface area contributed by atoms with Gasteiger partial charge < -0.3 is 4.90 Å². The van der Waals surface area contributed by atoms with Crippen molar-refractivity contribution in [3.63, 3.8) is 0 Å². The highest BCUT2D eigenvalue weighted by molar-refractivity contribution is 7.99. The van der Waals surface area contributed by atoms with E-state index >= 15 is 0 Å². The third kappa shape index (κ3) is 2.56. The highest BCUT2D eigenvalue weighted by Crippen LogP contribution is 2.35. The number of para-hydroxylation sites is 1. The molecule has 0 spiro atoms. The normalized spacial score (nSPS) is 13.9. The number of halogens is 1. The summed E-state index contributed by atoms with van der Waals surface area (Å²) in [6.07, 6.45) is 0. The number of carbonyl (C=O) groups is 1. The number of hydrogen-bond donors (Lipinski definition) is 0. The van der Waals surface area contributed by atoms with Crippen LogP contribution in [0.2, 0.25) is 0 Å². The van der Waals surface area contributed by atoms with E-state index in [4.69, 9.17) is 11.6 Å². The number of nitrogens with zero attached hydrogens (tertiary/aromatic N) is 1. The molecule has 0 aromatic heterocycles. The number of amides is 1. The Bertz CT molecular complexity index is 627. The third-order valence-electron chi connectivity index (χ3n) is 3.33. The van der Waals surface area contributed by atoms with Crippen LogP contribution in [-0.2, 0) is 5.88 Å². The summed E-state index contributed by atoms with van der Waals surface area (Å²) in [5, 5.41) is 0. The van der Waals surface area contributed by atoms with Gasteiger partial charge in [-0.1, -0.05) is 24.3 Å². The first-order valence-corrected chi connectivity index (χ1v) is 8.00. The minimum absolute atomic E-state index is 0.0545. The van der Waals surface area contributed by atoms with Crippen molar-refractivity contribution in [3.8, 4) is 0 Å². The predicted octanol–water partition coefficient (Wildman–Crippen LogP) is 4.18. The van der Waals surface area contributed by atoms with Gasteiger partial charge in [-0.2, -0.15) is 0 Å². The van der Waals surface area contributed by atoms with Gasteiger partial charge in [0.15, 0.2) is 0 Å². The smallest absolute Gasteiger partial charge is 0.258 e. The SMILES string of the molecule is O=C(c1ccc(CCl)cc1)N1CCSc2ccccc21. The molecule has 0 saturated carbocycles. The van der Waals surface area contributed by atoms with Gasteiger partial charge in [-0.25, -0.2) is 0 Å². The Kier molecular flexibility index (Phi) is 3.99. The molecule has 2 nitrogen and oxygen atoms in total. The fourth-order valence-electron chi connectivity index (χ4n) is 2.27. The zero-order valence-electron chi connectivity index (χ0n) is 10.9. The molecule has 0 bridgehead atoms. The second kappa shape index (κ2) is 5.90. The molecule has 20 heavy (non-hydrogen) atoms. The Labute approximate surface area is 127 Å². The summed E-state index contributed by atoms with van der Waals surface area (Å²) >= 11 is 7.58. The molecule has 3 rings (SSSR count). The lowest BCUT2D eigenvalue weighted by Crippen LogP contribution is -2.35. The number of anilines is 1. The van der Waals surface area contributed by atoms with Gasteiger partial charge in [-0.05, 0) is 29.8 Å². The lowest BCUT2D eigenvalue weighted by atomic mass is 10.1. The maximum Gasteiger partial charge on any atom is 0.258 e. The van der Waals surface area contributed by atoms with Crippen molar-refractivity contribution < 1.29 is 4.79 Å². The number of thioether (sulfide) groups is 1. The molecule has 4 heteroatoms. The molecule has 0 unspecified atom stereocenters. The van der Waals surface area contributed by atoms with Crippen LogP contribution in [0.15, 0.2) is 53.4 Å². The van der Waals surface area contributed by atoms with Gasteiger partial charge in [0.25, 0.3) is 5.91 Å². The fraction of sp³-hybridized carbons (Fsp3) is 0.188. The zero-order valence-corrected chi connectivity index (χ0v) is 12.5. The molecule has 2 aromatic rings. The van der Waals surface area contributed by atoms with E-state index in [2.05, 4.69) is 6.07 Å². The molecule has 0 radical (unpaired) electrons. The number of carbonyl (C=O) groups excluding carboxylic acids is 1.